The van der Waals surface area contributed by atoms with Gasteiger partial charge in [-0.15, -0.1) is 0 Å². The SMILES string of the molecule is N#Cc1cc(C(F)F)nc(CBr)c1I. The van der Waals surface area contributed by atoms with Crippen LogP contribution in [0.15, 0.2) is 6.07 Å². The van der Waals surface area contributed by atoms with Crippen LogP contribution in [0, 0.1) is 14.9 Å². The zero-order chi connectivity index (χ0) is 10.7. The van der Waals surface area contributed by atoms with Crippen molar-refractivity contribution in [1.29, 1.82) is 5.26 Å². The number of rotatable bonds is 2. The lowest BCUT2D eigenvalue weighted by Crippen LogP contribution is -2.00. The Morgan fingerprint density at radius 2 is 2.29 bits per heavy atom. The molecule has 1 aromatic heterocycles. The van der Waals surface area contributed by atoms with Crippen LogP contribution in [-0.2, 0) is 5.33 Å². The molecule has 0 fully saturated rings. The van der Waals surface area contributed by atoms with E-state index in [1.807, 2.05) is 28.7 Å². The third-order valence-electron chi connectivity index (χ3n) is 1.52. The topological polar surface area (TPSA) is 36.7 Å². The van der Waals surface area contributed by atoms with Crippen molar-refractivity contribution in [2.24, 2.45) is 0 Å². The number of aromatic nitrogens is 1. The van der Waals surface area contributed by atoms with Crippen molar-refractivity contribution < 1.29 is 8.78 Å². The van der Waals surface area contributed by atoms with Crippen LogP contribution in [0.5, 0.6) is 0 Å². The summed E-state index contributed by atoms with van der Waals surface area (Å²) in [7, 11) is 0. The Morgan fingerprint density at radius 1 is 1.64 bits per heavy atom. The molecule has 2 nitrogen and oxygen atoms in total. The molecule has 6 heteroatoms. The van der Waals surface area contributed by atoms with E-state index in [0.29, 0.717) is 14.6 Å². The number of nitrogens with zero attached hydrogens (tertiary/aromatic N) is 2. The minimum absolute atomic E-state index is 0.241. The molecular weight excluding hydrogens is 369 g/mol. The molecule has 1 aromatic rings. The first kappa shape index (κ1) is 11.8. The van der Waals surface area contributed by atoms with Gasteiger partial charge in [0.1, 0.15) is 11.8 Å². The number of pyridine rings is 1. The number of nitriles is 1. The molecule has 1 rings (SSSR count). The summed E-state index contributed by atoms with van der Waals surface area (Å²) in [6.07, 6.45) is -2.64. The van der Waals surface area contributed by atoms with Gasteiger partial charge in [0.25, 0.3) is 6.43 Å². The molecule has 1 heterocycles. The molecule has 0 aliphatic carbocycles. The first-order valence-corrected chi connectivity index (χ1v) is 5.73. The molecule has 0 atom stereocenters. The third-order valence-corrected chi connectivity index (χ3v) is 3.25. The maximum Gasteiger partial charge on any atom is 0.280 e. The van der Waals surface area contributed by atoms with E-state index in [-0.39, 0.29) is 11.3 Å². The van der Waals surface area contributed by atoms with Gasteiger partial charge in [0.2, 0.25) is 0 Å². The van der Waals surface area contributed by atoms with Crippen LogP contribution in [-0.4, -0.2) is 4.98 Å². The molecule has 0 radical (unpaired) electrons. The quantitative estimate of drug-likeness (QED) is 0.589. The van der Waals surface area contributed by atoms with Gasteiger partial charge in [-0.3, -0.25) is 0 Å². The lowest BCUT2D eigenvalue weighted by Gasteiger charge is -2.05. The second-order valence-corrected chi connectivity index (χ2v) is 4.04. The van der Waals surface area contributed by atoms with Crippen LogP contribution in [0.4, 0.5) is 8.78 Å². The van der Waals surface area contributed by atoms with E-state index in [4.69, 9.17) is 5.26 Å². The first-order valence-electron chi connectivity index (χ1n) is 3.53. The molecule has 0 saturated heterocycles. The van der Waals surface area contributed by atoms with Crippen LogP contribution in [0.1, 0.15) is 23.4 Å². The molecule has 0 bridgehead atoms. The lowest BCUT2D eigenvalue weighted by molar-refractivity contribution is 0.146. The highest BCUT2D eigenvalue weighted by Crippen LogP contribution is 2.24. The number of halogens is 4. The van der Waals surface area contributed by atoms with Gasteiger partial charge >= 0.3 is 0 Å². The largest absolute Gasteiger partial charge is 0.280 e. The molecule has 0 spiro atoms. The van der Waals surface area contributed by atoms with Gasteiger partial charge in [-0.05, 0) is 28.7 Å². The van der Waals surface area contributed by atoms with Crippen molar-refractivity contribution in [1.82, 2.24) is 4.98 Å². The second-order valence-electron chi connectivity index (χ2n) is 2.40. The zero-order valence-corrected chi connectivity index (χ0v) is 10.5. The van der Waals surface area contributed by atoms with Crippen LogP contribution in [0.25, 0.3) is 0 Å². The minimum atomic E-state index is -2.64. The van der Waals surface area contributed by atoms with Crippen LogP contribution in [0.3, 0.4) is 0 Å². The van der Waals surface area contributed by atoms with E-state index < -0.39 is 6.43 Å². The second kappa shape index (κ2) is 4.98. The molecule has 0 amide bonds. The summed E-state index contributed by atoms with van der Waals surface area (Å²) < 4.78 is 25.3. The molecular formula is C8H4BrF2IN2. The fraction of sp³-hybridized carbons (Fsp3) is 0.250. The third kappa shape index (κ3) is 2.39. The Morgan fingerprint density at radius 3 is 2.71 bits per heavy atom. The highest BCUT2D eigenvalue weighted by molar-refractivity contribution is 14.1. The highest BCUT2D eigenvalue weighted by Gasteiger charge is 2.15. The summed E-state index contributed by atoms with van der Waals surface area (Å²) in [6, 6.07) is 2.99. The summed E-state index contributed by atoms with van der Waals surface area (Å²) in [5.74, 6) is 0. The predicted octanol–water partition coefficient (Wildman–Crippen LogP) is 3.39. The molecule has 0 aromatic carbocycles. The Hall–Kier alpha value is -0.290. The molecule has 0 aliphatic heterocycles. The van der Waals surface area contributed by atoms with E-state index in [1.165, 1.54) is 0 Å². The van der Waals surface area contributed by atoms with E-state index in [0.717, 1.165) is 6.07 Å². The van der Waals surface area contributed by atoms with Crippen LogP contribution >= 0.6 is 38.5 Å². The Labute approximate surface area is 102 Å². The fourth-order valence-electron chi connectivity index (χ4n) is 0.886. The van der Waals surface area contributed by atoms with Crippen molar-refractivity contribution >= 4 is 38.5 Å². The van der Waals surface area contributed by atoms with Crippen molar-refractivity contribution in [3.63, 3.8) is 0 Å². The average Bonchev–Trinajstić information content (AvgIpc) is 2.17. The lowest BCUT2D eigenvalue weighted by atomic mass is 10.2. The van der Waals surface area contributed by atoms with Crippen LogP contribution < -0.4 is 0 Å². The summed E-state index contributed by atoms with van der Waals surface area (Å²) in [4.78, 5) is 3.74. The maximum atomic E-state index is 12.3. The Balaban J connectivity index is 3.34. The van der Waals surface area contributed by atoms with Gasteiger partial charge in [0.05, 0.1) is 14.8 Å². The van der Waals surface area contributed by atoms with Gasteiger partial charge in [0.15, 0.2) is 0 Å². The Kier molecular flexibility index (Phi) is 4.19. The fourth-order valence-corrected chi connectivity index (χ4v) is 2.40. The number of hydrogen-bond acceptors (Lipinski definition) is 2. The van der Waals surface area contributed by atoms with E-state index in [2.05, 4.69) is 20.9 Å². The Bertz CT molecular complexity index is 390. The van der Waals surface area contributed by atoms with Gasteiger partial charge < -0.3 is 0 Å². The van der Waals surface area contributed by atoms with Crippen molar-refractivity contribution in [3.8, 4) is 6.07 Å². The molecule has 0 aliphatic rings. The van der Waals surface area contributed by atoms with Crippen molar-refractivity contribution in [3.05, 3.63) is 26.6 Å². The van der Waals surface area contributed by atoms with E-state index >= 15 is 0 Å². The van der Waals surface area contributed by atoms with Crippen LogP contribution in [0.2, 0.25) is 0 Å². The normalized spacial score (nSPS) is 10.3. The summed E-state index contributed by atoms with van der Waals surface area (Å²) in [6.45, 7) is 0. The van der Waals surface area contributed by atoms with E-state index in [1.54, 1.807) is 0 Å². The monoisotopic (exact) mass is 372 g/mol. The summed E-state index contributed by atoms with van der Waals surface area (Å²) in [5, 5.41) is 9.06. The van der Waals surface area contributed by atoms with Gasteiger partial charge in [-0.25, -0.2) is 13.8 Å². The average molecular weight is 373 g/mol. The minimum Gasteiger partial charge on any atom is -0.250 e. The predicted molar refractivity (Wildman–Crippen MR) is 59.3 cm³/mol. The van der Waals surface area contributed by atoms with Gasteiger partial charge in [-0.2, -0.15) is 5.26 Å². The van der Waals surface area contributed by atoms with E-state index in [9.17, 15) is 8.78 Å². The maximum absolute atomic E-state index is 12.3. The van der Waals surface area contributed by atoms with Gasteiger partial charge in [0, 0.05) is 5.33 Å². The molecule has 0 N–H and O–H groups in total. The van der Waals surface area contributed by atoms with Crippen molar-refractivity contribution in [2.75, 3.05) is 0 Å². The summed E-state index contributed by atoms with van der Waals surface area (Å²) >= 11 is 5.05. The standard InChI is InChI=1S/C8H4BrF2IN2/c9-2-6-7(12)4(3-13)1-5(14-6)8(10)11/h1,8H,2H2. The molecule has 74 valence electrons. The molecule has 14 heavy (non-hydrogen) atoms. The highest BCUT2D eigenvalue weighted by atomic mass is 127. The smallest absolute Gasteiger partial charge is 0.250 e. The number of alkyl halides is 3. The number of hydrogen-bond donors (Lipinski definition) is 0. The molecule has 0 saturated carbocycles. The van der Waals surface area contributed by atoms with Crippen molar-refractivity contribution in [2.45, 2.75) is 11.8 Å². The molecule has 0 unspecified atom stereocenters. The zero-order valence-electron chi connectivity index (χ0n) is 6.77. The first-order chi connectivity index (χ1) is 6.60. The van der Waals surface area contributed by atoms with Gasteiger partial charge in [-0.1, -0.05) is 15.9 Å². The summed E-state index contributed by atoms with van der Waals surface area (Å²) in [5.41, 5.74) is 0.363.